The zero-order valence-electron chi connectivity index (χ0n) is 17.1. The van der Waals surface area contributed by atoms with Gasteiger partial charge in [-0.15, -0.1) is 11.3 Å². The van der Waals surface area contributed by atoms with Crippen molar-refractivity contribution in [3.63, 3.8) is 0 Å². The second-order valence-electron chi connectivity index (χ2n) is 7.85. The lowest BCUT2D eigenvalue weighted by Crippen LogP contribution is -2.45. The Kier molecular flexibility index (Phi) is 5.19. The quantitative estimate of drug-likeness (QED) is 0.695. The highest BCUT2D eigenvalue weighted by Crippen LogP contribution is 2.42. The van der Waals surface area contributed by atoms with Crippen LogP contribution in [0.25, 0.3) is 10.4 Å². The van der Waals surface area contributed by atoms with Crippen LogP contribution >= 0.6 is 11.3 Å². The fourth-order valence-corrected chi connectivity index (χ4v) is 5.20. The van der Waals surface area contributed by atoms with E-state index in [2.05, 4.69) is 46.4 Å². The number of nitrogens with one attached hydrogen (secondary N) is 1. The second kappa shape index (κ2) is 8.13. The monoisotopic (exact) mass is 419 g/mol. The van der Waals surface area contributed by atoms with E-state index in [0.717, 1.165) is 58.4 Å². The minimum atomic E-state index is -0.0277. The summed E-state index contributed by atoms with van der Waals surface area (Å²) in [5.41, 5.74) is 4.54. The van der Waals surface area contributed by atoms with E-state index in [-0.39, 0.29) is 5.91 Å². The number of nitrogens with zero attached hydrogens (tertiary/aromatic N) is 2. The summed E-state index contributed by atoms with van der Waals surface area (Å²) >= 11 is 1.55. The van der Waals surface area contributed by atoms with Gasteiger partial charge in [0.25, 0.3) is 5.91 Å². The molecule has 0 bridgehead atoms. The number of carbonyl (C=O) groups excluding carboxylic acids is 1. The van der Waals surface area contributed by atoms with Gasteiger partial charge in [-0.05, 0) is 36.9 Å². The number of fused-ring (bicyclic) bond motifs is 3. The molecule has 2 aromatic carbocycles. The van der Waals surface area contributed by atoms with Gasteiger partial charge in [0.2, 0.25) is 0 Å². The molecule has 154 valence electrons. The first-order chi connectivity index (χ1) is 14.7. The molecular weight excluding hydrogens is 394 g/mol. The van der Waals surface area contributed by atoms with Crippen molar-refractivity contribution in [2.24, 2.45) is 0 Å². The molecule has 3 aromatic rings. The SMILES string of the molecule is CN1CCN(c2ccccc2CNC(=O)c2cc3c(s2)-c2ccccc2OC3)CC1. The highest BCUT2D eigenvalue weighted by atomic mass is 32.1. The van der Waals surface area contributed by atoms with E-state index < -0.39 is 0 Å². The Labute approximate surface area is 180 Å². The van der Waals surface area contributed by atoms with Crippen molar-refractivity contribution in [1.29, 1.82) is 0 Å². The first-order valence-electron chi connectivity index (χ1n) is 10.3. The topological polar surface area (TPSA) is 44.8 Å². The number of para-hydroxylation sites is 2. The molecule has 30 heavy (non-hydrogen) atoms. The highest BCUT2D eigenvalue weighted by Gasteiger charge is 2.23. The molecule has 0 radical (unpaired) electrons. The lowest BCUT2D eigenvalue weighted by Gasteiger charge is -2.35. The minimum absolute atomic E-state index is 0.0277. The third kappa shape index (κ3) is 3.68. The van der Waals surface area contributed by atoms with Crippen LogP contribution in [0, 0.1) is 0 Å². The van der Waals surface area contributed by atoms with Crippen molar-refractivity contribution >= 4 is 22.9 Å². The third-order valence-electron chi connectivity index (χ3n) is 5.82. The largest absolute Gasteiger partial charge is 0.488 e. The summed E-state index contributed by atoms with van der Waals surface area (Å²) < 4.78 is 5.83. The number of thiophene rings is 1. The summed E-state index contributed by atoms with van der Waals surface area (Å²) in [4.78, 5) is 19.6. The number of likely N-dealkylation sites (N-methyl/N-ethyl adjacent to an activating group) is 1. The summed E-state index contributed by atoms with van der Waals surface area (Å²) in [6, 6.07) is 18.4. The van der Waals surface area contributed by atoms with Crippen molar-refractivity contribution in [3.05, 3.63) is 70.6 Å². The maximum atomic E-state index is 12.9. The Morgan fingerprint density at radius 2 is 1.83 bits per heavy atom. The molecule has 3 heterocycles. The van der Waals surface area contributed by atoms with Crippen molar-refractivity contribution in [1.82, 2.24) is 10.2 Å². The number of carbonyl (C=O) groups is 1. The molecular formula is C24H25N3O2S. The molecule has 0 atom stereocenters. The number of anilines is 1. The summed E-state index contributed by atoms with van der Waals surface area (Å²) in [5.74, 6) is 0.861. The van der Waals surface area contributed by atoms with Gasteiger partial charge in [-0.3, -0.25) is 4.79 Å². The summed E-state index contributed by atoms with van der Waals surface area (Å²) in [6.45, 7) is 5.19. The summed E-state index contributed by atoms with van der Waals surface area (Å²) in [5, 5.41) is 3.13. The van der Waals surface area contributed by atoms with Gasteiger partial charge in [0.1, 0.15) is 12.4 Å². The van der Waals surface area contributed by atoms with Gasteiger partial charge >= 0.3 is 0 Å². The number of hydrogen-bond acceptors (Lipinski definition) is 5. The average Bonchev–Trinajstić information content (AvgIpc) is 3.23. The van der Waals surface area contributed by atoms with Gasteiger partial charge in [0.05, 0.1) is 4.88 Å². The molecule has 5 nitrogen and oxygen atoms in total. The number of piperazine rings is 1. The lowest BCUT2D eigenvalue weighted by atomic mass is 10.1. The van der Waals surface area contributed by atoms with Crippen LogP contribution in [0.15, 0.2) is 54.6 Å². The Bertz CT molecular complexity index is 1070. The van der Waals surface area contributed by atoms with E-state index in [0.29, 0.717) is 13.2 Å². The maximum absolute atomic E-state index is 12.9. The molecule has 1 N–H and O–H groups in total. The van der Waals surface area contributed by atoms with Gasteiger partial charge in [-0.1, -0.05) is 30.3 Å². The standard InChI is InChI=1S/C24H25N3O2S/c1-26-10-12-27(13-11-26)20-8-4-2-6-17(20)15-25-24(28)22-14-18-16-29-21-9-5-3-7-19(21)23(18)30-22/h2-9,14H,10-13,15-16H2,1H3,(H,25,28). The number of ether oxygens (including phenoxy) is 1. The predicted octanol–water partition coefficient (Wildman–Crippen LogP) is 3.99. The Morgan fingerprint density at radius 3 is 2.70 bits per heavy atom. The van der Waals surface area contributed by atoms with Crippen LogP contribution in [0.4, 0.5) is 5.69 Å². The van der Waals surface area contributed by atoms with E-state index in [1.165, 1.54) is 5.69 Å². The van der Waals surface area contributed by atoms with E-state index in [4.69, 9.17) is 4.74 Å². The van der Waals surface area contributed by atoms with Crippen LogP contribution in [0.5, 0.6) is 5.75 Å². The number of hydrogen-bond donors (Lipinski definition) is 1. The van der Waals surface area contributed by atoms with Crippen LogP contribution in [0.3, 0.4) is 0 Å². The van der Waals surface area contributed by atoms with E-state index in [1.54, 1.807) is 11.3 Å². The second-order valence-corrected chi connectivity index (χ2v) is 8.90. The lowest BCUT2D eigenvalue weighted by molar-refractivity contribution is 0.0955. The molecule has 1 aromatic heterocycles. The molecule has 0 aliphatic carbocycles. The van der Waals surface area contributed by atoms with E-state index in [1.807, 2.05) is 30.3 Å². The predicted molar refractivity (Wildman–Crippen MR) is 121 cm³/mol. The molecule has 0 spiro atoms. The van der Waals surface area contributed by atoms with Gasteiger partial charge < -0.3 is 19.9 Å². The molecule has 2 aliphatic rings. The maximum Gasteiger partial charge on any atom is 0.261 e. The first-order valence-corrected chi connectivity index (χ1v) is 11.2. The molecule has 0 unspecified atom stereocenters. The molecule has 5 rings (SSSR count). The Hall–Kier alpha value is -2.83. The Balaban J connectivity index is 1.31. The summed E-state index contributed by atoms with van der Waals surface area (Å²) in [6.07, 6.45) is 0. The average molecular weight is 420 g/mol. The fraction of sp³-hybridized carbons (Fsp3) is 0.292. The van der Waals surface area contributed by atoms with Crippen LogP contribution in [0.2, 0.25) is 0 Å². The van der Waals surface area contributed by atoms with E-state index in [9.17, 15) is 4.79 Å². The third-order valence-corrected chi connectivity index (χ3v) is 7.03. The number of amides is 1. The zero-order valence-corrected chi connectivity index (χ0v) is 17.9. The van der Waals surface area contributed by atoms with E-state index >= 15 is 0 Å². The van der Waals surface area contributed by atoms with Gasteiger partial charge in [-0.2, -0.15) is 0 Å². The van der Waals surface area contributed by atoms with Crippen LogP contribution in [0.1, 0.15) is 20.8 Å². The van der Waals surface area contributed by atoms with Crippen molar-refractivity contribution in [3.8, 4) is 16.2 Å². The number of benzene rings is 2. The van der Waals surface area contributed by atoms with Gasteiger partial charge in [0.15, 0.2) is 0 Å². The molecule has 1 amide bonds. The molecule has 1 saturated heterocycles. The van der Waals surface area contributed by atoms with Crippen LogP contribution in [-0.2, 0) is 13.2 Å². The van der Waals surface area contributed by atoms with Crippen molar-refractivity contribution in [2.75, 3.05) is 38.1 Å². The van der Waals surface area contributed by atoms with Crippen LogP contribution < -0.4 is 15.0 Å². The number of rotatable bonds is 4. The van der Waals surface area contributed by atoms with Crippen LogP contribution in [-0.4, -0.2) is 44.0 Å². The molecule has 0 saturated carbocycles. The van der Waals surface area contributed by atoms with Gasteiger partial charge in [-0.25, -0.2) is 0 Å². The highest BCUT2D eigenvalue weighted by molar-refractivity contribution is 7.17. The summed E-state index contributed by atoms with van der Waals surface area (Å²) in [7, 11) is 2.16. The Morgan fingerprint density at radius 1 is 1.07 bits per heavy atom. The molecule has 1 fully saturated rings. The van der Waals surface area contributed by atoms with Crippen molar-refractivity contribution < 1.29 is 9.53 Å². The zero-order chi connectivity index (χ0) is 20.5. The smallest absolute Gasteiger partial charge is 0.261 e. The molecule has 2 aliphatic heterocycles. The van der Waals surface area contributed by atoms with Crippen molar-refractivity contribution in [2.45, 2.75) is 13.2 Å². The normalized spacial score (nSPS) is 15.8. The molecule has 6 heteroatoms. The van der Waals surface area contributed by atoms with Gasteiger partial charge in [0, 0.05) is 54.4 Å². The fourth-order valence-electron chi connectivity index (χ4n) is 4.09. The minimum Gasteiger partial charge on any atom is -0.488 e. The first kappa shape index (κ1) is 19.2.